The lowest BCUT2D eigenvalue weighted by molar-refractivity contribution is 0.0215. The molecule has 6 heteroatoms. The van der Waals surface area contributed by atoms with Gasteiger partial charge in [-0.15, -0.1) is 0 Å². The minimum atomic E-state index is -0.515. The van der Waals surface area contributed by atoms with E-state index in [-0.39, 0.29) is 17.2 Å². The van der Waals surface area contributed by atoms with E-state index in [0.717, 1.165) is 11.3 Å². The van der Waals surface area contributed by atoms with Crippen LogP contribution in [-0.2, 0) is 23.2 Å². The van der Waals surface area contributed by atoms with Crippen molar-refractivity contribution in [2.75, 3.05) is 6.54 Å². The molecule has 1 aromatic heterocycles. The third kappa shape index (κ3) is 3.31. The molecule has 1 amide bonds. The number of rotatable bonds is 0. The topological polar surface area (TPSA) is 67.3 Å². The Hall–Kier alpha value is -1.72. The van der Waals surface area contributed by atoms with Crippen LogP contribution in [0.5, 0.6) is 0 Å². The molecule has 2 rings (SSSR count). The van der Waals surface area contributed by atoms with Gasteiger partial charge in [-0.1, -0.05) is 0 Å². The molecule has 0 aliphatic carbocycles. The van der Waals surface area contributed by atoms with Crippen molar-refractivity contribution in [3.63, 3.8) is 0 Å². The summed E-state index contributed by atoms with van der Waals surface area (Å²) in [5, 5.41) is 2.89. The summed E-state index contributed by atoms with van der Waals surface area (Å²) in [5.41, 5.74) is 0.862. The molecule has 2 heterocycles. The Labute approximate surface area is 125 Å². The van der Waals surface area contributed by atoms with Crippen LogP contribution >= 0.6 is 0 Å². The Kier molecular flexibility index (Phi) is 3.68. The fourth-order valence-corrected chi connectivity index (χ4v) is 2.49. The molecule has 0 fully saturated rings. The molecule has 0 spiro atoms. The zero-order chi connectivity index (χ0) is 16.0. The molecule has 21 heavy (non-hydrogen) atoms. The van der Waals surface area contributed by atoms with Crippen LogP contribution in [0.1, 0.15) is 52.8 Å². The molecule has 0 saturated carbocycles. The fourth-order valence-electron chi connectivity index (χ4n) is 2.49. The van der Waals surface area contributed by atoms with E-state index in [4.69, 9.17) is 4.74 Å². The molecule has 6 nitrogen and oxygen atoms in total. The number of H-pyrrole nitrogens is 1. The van der Waals surface area contributed by atoms with Crippen molar-refractivity contribution < 1.29 is 9.53 Å². The van der Waals surface area contributed by atoms with Gasteiger partial charge in [0, 0.05) is 12.1 Å². The second-order valence-corrected chi connectivity index (χ2v) is 7.52. The minimum absolute atomic E-state index is 0.0521. The Balaban J connectivity index is 2.28. The maximum atomic E-state index is 12.2. The van der Waals surface area contributed by atoms with Gasteiger partial charge < -0.3 is 9.64 Å². The molecule has 1 aliphatic heterocycles. The molecule has 1 N–H and O–H groups in total. The number of fused-ring (bicyclic) bond motifs is 1. The largest absolute Gasteiger partial charge is 0.444 e. The number of nitrogens with zero attached hydrogens (tertiary/aromatic N) is 2. The predicted octanol–water partition coefficient (Wildman–Crippen LogP) is 2.22. The van der Waals surface area contributed by atoms with Crippen LogP contribution in [0, 0.1) is 0 Å². The van der Waals surface area contributed by atoms with E-state index in [1.165, 1.54) is 0 Å². The number of aromatic amines is 1. The second-order valence-electron chi connectivity index (χ2n) is 7.52. The third-order valence-electron chi connectivity index (χ3n) is 3.40. The number of aromatic nitrogens is 2. The fraction of sp³-hybridized carbons (Fsp3) is 0.733. The normalized spacial score (nSPS) is 15.8. The van der Waals surface area contributed by atoms with E-state index in [1.54, 1.807) is 4.90 Å². The molecule has 0 unspecified atom stereocenters. The first-order valence-corrected chi connectivity index (χ1v) is 7.30. The van der Waals surface area contributed by atoms with Gasteiger partial charge in [-0.05, 0) is 48.0 Å². The summed E-state index contributed by atoms with van der Waals surface area (Å²) >= 11 is 0. The average molecular weight is 295 g/mol. The van der Waals surface area contributed by atoms with Crippen molar-refractivity contribution in [2.45, 2.75) is 65.6 Å². The van der Waals surface area contributed by atoms with Crippen LogP contribution in [0.25, 0.3) is 0 Å². The summed E-state index contributed by atoms with van der Waals surface area (Å²) in [6.45, 7) is 12.5. The highest BCUT2D eigenvalue weighted by Crippen LogP contribution is 2.23. The maximum Gasteiger partial charge on any atom is 0.410 e. The highest BCUT2D eigenvalue weighted by Gasteiger charge is 2.31. The zero-order valence-electron chi connectivity index (χ0n) is 13.7. The maximum absolute atomic E-state index is 12.2. The van der Waals surface area contributed by atoms with E-state index in [0.29, 0.717) is 19.5 Å². The molecule has 1 aromatic rings. The quantitative estimate of drug-likeness (QED) is 0.798. The van der Waals surface area contributed by atoms with Crippen molar-refractivity contribution in [3.05, 3.63) is 21.6 Å². The van der Waals surface area contributed by atoms with Gasteiger partial charge in [0.05, 0.1) is 17.8 Å². The Morgan fingerprint density at radius 3 is 2.33 bits per heavy atom. The molecule has 0 bridgehead atoms. The summed E-state index contributed by atoms with van der Waals surface area (Å²) in [5.74, 6) is 0. The van der Waals surface area contributed by atoms with E-state index >= 15 is 0 Å². The Bertz CT molecular complexity index is 599. The Morgan fingerprint density at radius 2 is 1.81 bits per heavy atom. The summed E-state index contributed by atoms with van der Waals surface area (Å²) in [7, 11) is 0. The number of carbonyl (C=O) groups excluding carboxylic acids is 1. The number of hydrogen-bond donors (Lipinski definition) is 1. The number of carbonyl (C=O) groups is 1. The standard InChI is InChI=1S/C15H25N3O3/c1-14(2,3)18-11-9-17(13(20)21-15(4,5)6)8-7-10(11)12(19)16-18/h7-9H2,1-6H3,(H,16,19). The Morgan fingerprint density at radius 1 is 1.19 bits per heavy atom. The lowest BCUT2D eigenvalue weighted by Crippen LogP contribution is -2.41. The summed E-state index contributed by atoms with van der Waals surface area (Å²) < 4.78 is 7.28. The smallest absolute Gasteiger partial charge is 0.410 e. The van der Waals surface area contributed by atoms with Gasteiger partial charge in [0.2, 0.25) is 0 Å². The van der Waals surface area contributed by atoms with Gasteiger partial charge in [0.1, 0.15) is 5.60 Å². The SMILES string of the molecule is CC(C)(C)OC(=O)N1CCc2c(n(C(C)(C)C)[nH]c2=O)C1. The number of amides is 1. The molecule has 0 radical (unpaired) electrons. The van der Waals surface area contributed by atoms with E-state index in [1.807, 2.05) is 46.2 Å². The van der Waals surface area contributed by atoms with Gasteiger partial charge in [0.25, 0.3) is 5.56 Å². The second kappa shape index (κ2) is 4.93. The molecule has 0 atom stereocenters. The van der Waals surface area contributed by atoms with E-state index < -0.39 is 5.60 Å². The number of ether oxygens (including phenoxy) is 1. The highest BCUT2D eigenvalue weighted by molar-refractivity contribution is 5.68. The van der Waals surface area contributed by atoms with Crippen LogP contribution in [-0.4, -0.2) is 32.9 Å². The van der Waals surface area contributed by atoms with Gasteiger partial charge in [0.15, 0.2) is 0 Å². The first-order valence-electron chi connectivity index (χ1n) is 7.30. The van der Waals surface area contributed by atoms with Crippen molar-refractivity contribution in [1.29, 1.82) is 0 Å². The molecule has 0 saturated heterocycles. The monoisotopic (exact) mass is 295 g/mol. The predicted molar refractivity (Wildman–Crippen MR) is 80.4 cm³/mol. The van der Waals surface area contributed by atoms with Crippen LogP contribution in [0.2, 0.25) is 0 Å². The third-order valence-corrected chi connectivity index (χ3v) is 3.40. The van der Waals surface area contributed by atoms with Crippen LogP contribution in [0.4, 0.5) is 4.79 Å². The van der Waals surface area contributed by atoms with Gasteiger partial charge >= 0.3 is 6.09 Å². The molecule has 1 aliphatic rings. The first-order chi connectivity index (χ1) is 9.49. The molecule has 0 aromatic carbocycles. The van der Waals surface area contributed by atoms with Crippen molar-refractivity contribution in [2.24, 2.45) is 0 Å². The first kappa shape index (κ1) is 15.7. The van der Waals surface area contributed by atoms with Crippen LogP contribution in [0.15, 0.2) is 4.79 Å². The summed E-state index contributed by atoms with van der Waals surface area (Å²) in [6, 6.07) is 0. The van der Waals surface area contributed by atoms with Crippen molar-refractivity contribution >= 4 is 6.09 Å². The highest BCUT2D eigenvalue weighted by atomic mass is 16.6. The molecular weight excluding hydrogens is 270 g/mol. The summed E-state index contributed by atoms with van der Waals surface area (Å²) in [6.07, 6.45) is 0.231. The number of nitrogens with one attached hydrogen (secondary N) is 1. The van der Waals surface area contributed by atoms with Gasteiger partial charge in [-0.25, -0.2) is 4.79 Å². The van der Waals surface area contributed by atoms with Crippen molar-refractivity contribution in [1.82, 2.24) is 14.7 Å². The van der Waals surface area contributed by atoms with Gasteiger partial charge in [-0.2, -0.15) is 0 Å². The van der Waals surface area contributed by atoms with Crippen LogP contribution < -0.4 is 5.56 Å². The molecule has 118 valence electrons. The van der Waals surface area contributed by atoms with Crippen LogP contribution in [0.3, 0.4) is 0 Å². The molecular formula is C15H25N3O3. The van der Waals surface area contributed by atoms with Crippen molar-refractivity contribution in [3.8, 4) is 0 Å². The summed E-state index contributed by atoms with van der Waals surface area (Å²) in [4.78, 5) is 25.9. The van der Waals surface area contributed by atoms with E-state index in [9.17, 15) is 9.59 Å². The lowest BCUT2D eigenvalue weighted by atomic mass is 10.0. The lowest BCUT2D eigenvalue weighted by Gasteiger charge is -2.32. The number of hydrogen-bond acceptors (Lipinski definition) is 3. The zero-order valence-corrected chi connectivity index (χ0v) is 13.7. The minimum Gasteiger partial charge on any atom is -0.444 e. The van der Waals surface area contributed by atoms with Gasteiger partial charge in [-0.3, -0.25) is 14.6 Å². The average Bonchev–Trinajstić information content (AvgIpc) is 2.64. The van der Waals surface area contributed by atoms with E-state index in [2.05, 4.69) is 5.10 Å².